The maximum absolute atomic E-state index is 9.48. The molecule has 0 fully saturated rings. The number of unbranched alkanes of at least 4 members (excludes halogenated alkanes) is 2. The molecule has 0 aliphatic heterocycles. The van der Waals surface area contributed by atoms with Crippen LogP contribution in [0.1, 0.15) is 45.4 Å². The Kier molecular flexibility index (Phi) is 10.6. The van der Waals surface area contributed by atoms with Gasteiger partial charge in [-0.25, -0.2) is 0 Å². The normalized spacial score (nSPS) is 13.7. The lowest BCUT2D eigenvalue weighted by atomic mass is 10.1. The first-order chi connectivity index (χ1) is 7.31. The molecule has 0 radical (unpaired) electrons. The van der Waals surface area contributed by atoms with E-state index in [0.29, 0.717) is 0 Å². The molecule has 0 aromatic rings. The van der Waals surface area contributed by atoms with E-state index in [9.17, 15) is 5.11 Å². The summed E-state index contributed by atoms with van der Waals surface area (Å²) in [5.74, 6) is 0. The first-order valence-electron chi connectivity index (χ1n) is 5.93. The Hall–Kier alpha value is -0.820. The van der Waals surface area contributed by atoms with Crippen molar-refractivity contribution >= 4 is 0 Å². The molecule has 1 atom stereocenters. The second-order valence-electron chi connectivity index (χ2n) is 3.78. The zero-order chi connectivity index (χ0) is 11.4. The van der Waals surface area contributed by atoms with Gasteiger partial charge >= 0.3 is 0 Å². The zero-order valence-corrected chi connectivity index (χ0v) is 9.86. The maximum atomic E-state index is 9.48. The van der Waals surface area contributed by atoms with E-state index in [4.69, 9.17) is 0 Å². The van der Waals surface area contributed by atoms with Crippen LogP contribution in [-0.2, 0) is 0 Å². The molecule has 1 heteroatoms. The maximum Gasteiger partial charge on any atom is 0.0540 e. The van der Waals surface area contributed by atoms with Gasteiger partial charge < -0.3 is 5.11 Å². The topological polar surface area (TPSA) is 20.2 Å². The van der Waals surface area contributed by atoms with Gasteiger partial charge in [-0.15, -0.1) is 0 Å². The van der Waals surface area contributed by atoms with E-state index in [1.165, 1.54) is 6.42 Å². The molecule has 15 heavy (non-hydrogen) atoms. The number of allylic oxidation sites excluding steroid dienone is 5. The quantitative estimate of drug-likeness (QED) is 0.448. The first-order valence-corrected chi connectivity index (χ1v) is 5.93. The molecule has 0 aromatic carbocycles. The molecule has 0 rings (SSSR count). The third-order valence-corrected chi connectivity index (χ3v) is 2.27. The summed E-state index contributed by atoms with van der Waals surface area (Å²) in [6.45, 7) is 5.71. The molecular weight excluding hydrogens is 184 g/mol. The zero-order valence-electron chi connectivity index (χ0n) is 9.86. The molecular formula is C14H24O. The van der Waals surface area contributed by atoms with Gasteiger partial charge in [-0.3, -0.25) is 0 Å². The van der Waals surface area contributed by atoms with Gasteiger partial charge in [-0.2, -0.15) is 0 Å². The largest absolute Gasteiger partial charge is 0.393 e. The summed E-state index contributed by atoms with van der Waals surface area (Å²) in [7, 11) is 0. The summed E-state index contributed by atoms with van der Waals surface area (Å²) in [5, 5.41) is 9.48. The highest BCUT2D eigenvalue weighted by atomic mass is 16.3. The van der Waals surface area contributed by atoms with E-state index < -0.39 is 0 Å². The highest BCUT2D eigenvalue weighted by molar-refractivity contribution is 5.08. The van der Waals surface area contributed by atoms with Crippen molar-refractivity contribution in [3.63, 3.8) is 0 Å². The number of hydrogen-bond acceptors (Lipinski definition) is 1. The van der Waals surface area contributed by atoms with Crippen LogP contribution in [0.3, 0.4) is 0 Å². The lowest BCUT2D eigenvalue weighted by molar-refractivity contribution is 0.150. The Labute approximate surface area is 94.2 Å². The number of hydrogen-bond donors (Lipinski definition) is 1. The molecule has 0 spiro atoms. The van der Waals surface area contributed by atoms with Crippen LogP contribution in [0.25, 0.3) is 0 Å². The Morgan fingerprint density at radius 2 is 1.93 bits per heavy atom. The predicted molar refractivity (Wildman–Crippen MR) is 67.9 cm³/mol. The van der Waals surface area contributed by atoms with Crippen LogP contribution >= 0.6 is 0 Å². The lowest BCUT2D eigenvalue weighted by Crippen LogP contribution is -2.04. The Balaban J connectivity index is 3.27. The average molecular weight is 208 g/mol. The Bertz CT molecular complexity index is 192. The van der Waals surface area contributed by atoms with Gasteiger partial charge in [-0.1, -0.05) is 56.7 Å². The van der Waals surface area contributed by atoms with Crippen LogP contribution in [0.2, 0.25) is 0 Å². The van der Waals surface area contributed by atoms with Crippen molar-refractivity contribution in [3.8, 4) is 0 Å². The van der Waals surface area contributed by atoms with Gasteiger partial charge in [0.25, 0.3) is 0 Å². The minimum atomic E-state index is -0.0837. The van der Waals surface area contributed by atoms with E-state index in [2.05, 4.69) is 19.6 Å². The van der Waals surface area contributed by atoms with E-state index in [0.717, 1.165) is 32.1 Å². The van der Waals surface area contributed by atoms with Gasteiger partial charge in [-0.05, 0) is 25.7 Å². The molecule has 1 nitrogen and oxygen atoms in total. The molecule has 1 unspecified atom stereocenters. The van der Waals surface area contributed by atoms with Gasteiger partial charge in [0.1, 0.15) is 0 Å². The fraction of sp³-hybridized carbons (Fsp3) is 0.571. The highest BCUT2D eigenvalue weighted by Crippen LogP contribution is 2.08. The van der Waals surface area contributed by atoms with E-state index >= 15 is 0 Å². The standard InChI is InChI=1S/C14H24O/c1-3-5-6-7-8-9-10-11-13-14(15)12-4-2/h3,5-8,14-15H,1,4,9-13H2,2H3. The fourth-order valence-corrected chi connectivity index (χ4v) is 1.44. The second kappa shape index (κ2) is 11.3. The molecule has 1 N–H and O–H groups in total. The van der Waals surface area contributed by atoms with Gasteiger partial charge in [0, 0.05) is 0 Å². The summed E-state index contributed by atoms with van der Waals surface area (Å²) < 4.78 is 0. The second-order valence-corrected chi connectivity index (χ2v) is 3.78. The molecule has 0 saturated heterocycles. The molecule has 86 valence electrons. The van der Waals surface area contributed by atoms with E-state index in [-0.39, 0.29) is 6.10 Å². The number of aliphatic hydroxyl groups excluding tert-OH is 1. The molecule has 0 heterocycles. The molecule has 0 aliphatic carbocycles. The number of aliphatic hydroxyl groups is 1. The predicted octanol–water partition coefficient (Wildman–Crippen LogP) is 4.01. The van der Waals surface area contributed by atoms with Crippen LogP contribution in [0, 0.1) is 0 Å². The molecule has 0 amide bonds. The van der Waals surface area contributed by atoms with Crippen molar-refractivity contribution in [1.29, 1.82) is 0 Å². The van der Waals surface area contributed by atoms with Crippen LogP contribution in [0.4, 0.5) is 0 Å². The van der Waals surface area contributed by atoms with Crippen molar-refractivity contribution < 1.29 is 5.11 Å². The minimum Gasteiger partial charge on any atom is -0.393 e. The van der Waals surface area contributed by atoms with Gasteiger partial charge in [0.15, 0.2) is 0 Å². The first kappa shape index (κ1) is 14.2. The smallest absolute Gasteiger partial charge is 0.0540 e. The SMILES string of the molecule is C=CC=CC=CCCCCC(O)CCC. The van der Waals surface area contributed by atoms with Gasteiger partial charge in [0.2, 0.25) is 0 Å². The third kappa shape index (κ3) is 11.1. The van der Waals surface area contributed by atoms with Crippen molar-refractivity contribution in [2.45, 2.75) is 51.6 Å². The number of rotatable bonds is 9. The van der Waals surface area contributed by atoms with Crippen LogP contribution in [0.5, 0.6) is 0 Å². The van der Waals surface area contributed by atoms with Crippen LogP contribution in [-0.4, -0.2) is 11.2 Å². The van der Waals surface area contributed by atoms with E-state index in [1.807, 2.05) is 18.2 Å². The lowest BCUT2D eigenvalue weighted by Gasteiger charge is -2.07. The molecule has 0 aliphatic rings. The molecule has 0 aromatic heterocycles. The van der Waals surface area contributed by atoms with Crippen LogP contribution in [0.15, 0.2) is 37.0 Å². The Morgan fingerprint density at radius 3 is 2.60 bits per heavy atom. The Morgan fingerprint density at radius 1 is 1.13 bits per heavy atom. The van der Waals surface area contributed by atoms with Crippen molar-refractivity contribution in [2.75, 3.05) is 0 Å². The van der Waals surface area contributed by atoms with Gasteiger partial charge in [0.05, 0.1) is 6.10 Å². The molecule has 0 bridgehead atoms. The van der Waals surface area contributed by atoms with Crippen molar-refractivity contribution in [2.24, 2.45) is 0 Å². The highest BCUT2D eigenvalue weighted by Gasteiger charge is 2.00. The summed E-state index contributed by atoms with van der Waals surface area (Å²) in [6.07, 6.45) is 16.1. The fourth-order valence-electron chi connectivity index (χ4n) is 1.44. The summed E-state index contributed by atoms with van der Waals surface area (Å²) in [6, 6.07) is 0. The van der Waals surface area contributed by atoms with Crippen molar-refractivity contribution in [3.05, 3.63) is 37.0 Å². The summed E-state index contributed by atoms with van der Waals surface area (Å²) >= 11 is 0. The molecule has 0 saturated carbocycles. The minimum absolute atomic E-state index is 0.0837. The average Bonchev–Trinajstić information content (AvgIpc) is 2.22. The third-order valence-electron chi connectivity index (χ3n) is 2.27. The van der Waals surface area contributed by atoms with E-state index in [1.54, 1.807) is 6.08 Å². The van der Waals surface area contributed by atoms with Crippen LogP contribution < -0.4 is 0 Å². The van der Waals surface area contributed by atoms with Crippen molar-refractivity contribution in [1.82, 2.24) is 0 Å². The summed E-state index contributed by atoms with van der Waals surface area (Å²) in [4.78, 5) is 0. The monoisotopic (exact) mass is 208 g/mol. The summed E-state index contributed by atoms with van der Waals surface area (Å²) in [5.41, 5.74) is 0.